The summed E-state index contributed by atoms with van der Waals surface area (Å²) in [5.74, 6) is -0.176. The first-order chi connectivity index (χ1) is 11.2. The molecule has 2 aliphatic heterocycles. The molecule has 2 atom stereocenters. The fourth-order valence-corrected chi connectivity index (χ4v) is 3.59. The first-order valence-corrected chi connectivity index (χ1v) is 8.91. The molecule has 3 heterocycles. The number of hydrogen-bond donors (Lipinski definition) is 2. The fourth-order valence-electron chi connectivity index (χ4n) is 2.91. The van der Waals surface area contributed by atoms with E-state index in [2.05, 4.69) is 20.5 Å². The van der Waals surface area contributed by atoms with Crippen LogP contribution in [0.1, 0.15) is 30.4 Å². The van der Waals surface area contributed by atoms with E-state index in [9.17, 15) is 9.59 Å². The third-order valence-electron chi connectivity index (χ3n) is 4.12. The van der Waals surface area contributed by atoms with Crippen LogP contribution in [0.2, 0.25) is 0 Å². The molecule has 2 aliphatic rings. The molecular formula is C15H22N4O3S. The second-order valence-corrected chi connectivity index (χ2v) is 6.80. The molecule has 23 heavy (non-hydrogen) atoms. The van der Waals surface area contributed by atoms with Crippen molar-refractivity contribution in [3.8, 4) is 0 Å². The zero-order chi connectivity index (χ0) is 16.1. The van der Waals surface area contributed by atoms with Gasteiger partial charge >= 0.3 is 0 Å². The topological polar surface area (TPSA) is 83.6 Å². The van der Waals surface area contributed by atoms with Gasteiger partial charge in [-0.2, -0.15) is 0 Å². The van der Waals surface area contributed by atoms with Crippen LogP contribution in [0, 0.1) is 0 Å². The molecule has 0 aliphatic carbocycles. The number of thiazole rings is 1. The standard InChI is InChI=1S/C15H22N4O3S/c20-13(18-11-3-1-2-4-16-14(11)21)10-19-6-7-22-12(9-19)15-17-5-8-23-15/h5,8,11-12H,1-4,6-7,9-10H2,(H,16,21)(H,18,20)/t11-,12+/m0/s1. The van der Waals surface area contributed by atoms with Crippen molar-refractivity contribution in [3.63, 3.8) is 0 Å². The van der Waals surface area contributed by atoms with Gasteiger partial charge in [-0.3, -0.25) is 14.5 Å². The SMILES string of the molecule is O=C(CN1CCO[C@@H](c2nccs2)C1)N[C@H]1CCCCNC1=O. The fraction of sp³-hybridized carbons (Fsp3) is 0.667. The van der Waals surface area contributed by atoms with E-state index in [0.29, 0.717) is 32.7 Å². The third-order valence-corrected chi connectivity index (χ3v) is 4.98. The van der Waals surface area contributed by atoms with Gasteiger partial charge in [-0.05, 0) is 19.3 Å². The number of amides is 2. The molecule has 0 spiro atoms. The van der Waals surface area contributed by atoms with Crippen LogP contribution < -0.4 is 10.6 Å². The summed E-state index contributed by atoms with van der Waals surface area (Å²) in [4.78, 5) is 30.5. The van der Waals surface area contributed by atoms with Crippen LogP contribution in [0.3, 0.4) is 0 Å². The molecule has 7 nitrogen and oxygen atoms in total. The van der Waals surface area contributed by atoms with Gasteiger partial charge in [0.15, 0.2) is 0 Å². The first kappa shape index (κ1) is 16.4. The molecule has 0 radical (unpaired) electrons. The van der Waals surface area contributed by atoms with Gasteiger partial charge in [-0.1, -0.05) is 0 Å². The Labute approximate surface area is 139 Å². The predicted molar refractivity (Wildman–Crippen MR) is 86.0 cm³/mol. The largest absolute Gasteiger partial charge is 0.368 e. The Hall–Kier alpha value is -1.51. The molecule has 3 rings (SSSR count). The van der Waals surface area contributed by atoms with Gasteiger partial charge in [-0.15, -0.1) is 11.3 Å². The van der Waals surface area contributed by atoms with Crippen LogP contribution in [0.4, 0.5) is 0 Å². The number of morpholine rings is 1. The number of rotatable bonds is 4. The van der Waals surface area contributed by atoms with Crippen LogP contribution in [0.25, 0.3) is 0 Å². The maximum Gasteiger partial charge on any atom is 0.242 e. The molecule has 1 aromatic rings. The molecule has 0 saturated carbocycles. The average Bonchev–Trinajstić information content (AvgIpc) is 3.01. The van der Waals surface area contributed by atoms with Crippen LogP contribution in [-0.2, 0) is 14.3 Å². The van der Waals surface area contributed by atoms with Crippen LogP contribution in [0.5, 0.6) is 0 Å². The van der Waals surface area contributed by atoms with E-state index in [4.69, 9.17) is 4.74 Å². The van der Waals surface area contributed by atoms with Crippen LogP contribution >= 0.6 is 11.3 Å². The van der Waals surface area contributed by atoms with E-state index in [-0.39, 0.29) is 24.5 Å². The maximum absolute atomic E-state index is 12.2. The molecule has 0 unspecified atom stereocenters. The second kappa shape index (κ2) is 7.85. The van der Waals surface area contributed by atoms with Gasteiger partial charge in [0.1, 0.15) is 17.2 Å². The Kier molecular flexibility index (Phi) is 5.58. The molecular weight excluding hydrogens is 316 g/mol. The van der Waals surface area contributed by atoms with Gasteiger partial charge in [0, 0.05) is 31.2 Å². The zero-order valence-electron chi connectivity index (χ0n) is 13.0. The number of carbonyl (C=O) groups excluding carboxylic acids is 2. The highest BCUT2D eigenvalue weighted by molar-refractivity contribution is 7.09. The smallest absolute Gasteiger partial charge is 0.242 e. The van der Waals surface area contributed by atoms with Crippen molar-refractivity contribution in [2.24, 2.45) is 0 Å². The molecule has 2 N–H and O–H groups in total. The minimum absolute atomic E-state index is 0.0708. The van der Waals surface area contributed by atoms with Crippen molar-refractivity contribution in [1.82, 2.24) is 20.5 Å². The summed E-state index contributed by atoms with van der Waals surface area (Å²) < 4.78 is 5.73. The number of nitrogens with zero attached hydrogens (tertiary/aromatic N) is 2. The van der Waals surface area contributed by atoms with E-state index in [1.165, 1.54) is 0 Å². The molecule has 0 bridgehead atoms. The highest BCUT2D eigenvalue weighted by atomic mass is 32.1. The molecule has 2 fully saturated rings. The molecule has 2 amide bonds. The average molecular weight is 338 g/mol. The van der Waals surface area contributed by atoms with Gasteiger partial charge in [-0.25, -0.2) is 4.98 Å². The number of hydrogen-bond acceptors (Lipinski definition) is 6. The van der Waals surface area contributed by atoms with E-state index in [1.807, 2.05) is 5.38 Å². The lowest BCUT2D eigenvalue weighted by atomic mass is 10.1. The number of ether oxygens (including phenoxy) is 1. The summed E-state index contributed by atoms with van der Waals surface area (Å²) in [7, 11) is 0. The number of aromatic nitrogens is 1. The molecule has 2 saturated heterocycles. The van der Waals surface area contributed by atoms with Crippen LogP contribution in [-0.4, -0.2) is 60.5 Å². The lowest BCUT2D eigenvalue weighted by Gasteiger charge is -2.31. The monoisotopic (exact) mass is 338 g/mol. The first-order valence-electron chi connectivity index (χ1n) is 8.03. The lowest BCUT2D eigenvalue weighted by molar-refractivity contribution is -0.130. The van der Waals surface area contributed by atoms with Crippen molar-refractivity contribution >= 4 is 23.2 Å². The molecule has 8 heteroatoms. The predicted octanol–water partition coefficient (Wildman–Crippen LogP) is 0.301. The summed E-state index contributed by atoms with van der Waals surface area (Å²) in [6, 6.07) is -0.402. The number of carbonyl (C=O) groups is 2. The van der Waals surface area contributed by atoms with Crippen molar-refractivity contribution < 1.29 is 14.3 Å². The zero-order valence-corrected chi connectivity index (χ0v) is 13.8. The molecule has 1 aromatic heterocycles. The summed E-state index contributed by atoms with van der Waals surface area (Å²) in [6.07, 6.45) is 4.32. The Morgan fingerprint density at radius 1 is 1.52 bits per heavy atom. The van der Waals surface area contributed by atoms with Crippen molar-refractivity contribution in [2.45, 2.75) is 31.4 Å². The Bertz CT molecular complexity index is 537. The molecule has 0 aromatic carbocycles. The quantitative estimate of drug-likeness (QED) is 0.825. The van der Waals surface area contributed by atoms with E-state index >= 15 is 0 Å². The molecule has 126 valence electrons. The summed E-state index contributed by atoms with van der Waals surface area (Å²) in [5, 5.41) is 8.56. The van der Waals surface area contributed by atoms with Gasteiger partial charge in [0.25, 0.3) is 0 Å². The van der Waals surface area contributed by atoms with Gasteiger partial charge < -0.3 is 15.4 Å². The van der Waals surface area contributed by atoms with Gasteiger partial charge in [0.05, 0.1) is 13.2 Å². The Morgan fingerprint density at radius 2 is 2.43 bits per heavy atom. The minimum atomic E-state index is -0.402. The summed E-state index contributed by atoms with van der Waals surface area (Å²) in [6.45, 7) is 2.94. The summed E-state index contributed by atoms with van der Waals surface area (Å²) >= 11 is 1.57. The third kappa shape index (κ3) is 4.49. The van der Waals surface area contributed by atoms with Crippen molar-refractivity contribution in [2.75, 3.05) is 32.8 Å². The summed E-state index contributed by atoms with van der Waals surface area (Å²) in [5.41, 5.74) is 0. The highest BCUT2D eigenvalue weighted by Crippen LogP contribution is 2.23. The minimum Gasteiger partial charge on any atom is -0.368 e. The normalized spacial score (nSPS) is 26.3. The Balaban J connectivity index is 1.50. The number of nitrogens with one attached hydrogen (secondary N) is 2. The van der Waals surface area contributed by atoms with E-state index in [0.717, 1.165) is 17.8 Å². The second-order valence-electron chi connectivity index (χ2n) is 5.87. The Morgan fingerprint density at radius 3 is 3.26 bits per heavy atom. The van der Waals surface area contributed by atoms with Crippen molar-refractivity contribution in [3.05, 3.63) is 16.6 Å². The van der Waals surface area contributed by atoms with Gasteiger partial charge in [0.2, 0.25) is 11.8 Å². The maximum atomic E-state index is 12.2. The van der Waals surface area contributed by atoms with E-state index in [1.54, 1.807) is 17.5 Å². The van der Waals surface area contributed by atoms with E-state index < -0.39 is 6.04 Å². The lowest BCUT2D eigenvalue weighted by Crippen LogP contribution is -2.50. The van der Waals surface area contributed by atoms with Crippen LogP contribution in [0.15, 0.2) is 11.6 Å². The van der Waals surface area contributed by atoms with Crippen molar-refractivity contribution in [1.29, 1.82) is 0 Å². The highest BCUT2D eigenvalue weighted by Gasteiger charge is 2.27.